The summed E-state index contributed by atoms with van der Waals surface area (Å²) in [5.41, 5.74) is 10.2. The van der Waals surface area contributed by atoms with Crippen LogP contribution in [0.4, 0.5) is 17.1 Å². The molecule has 0 spiro atoms. The molecule has 8 aromatic carbocycles. The third kappa shape index (κ3) is 5.62. The molecule has 0 saturated carbocycles. The highest BCUT2D eigenvalue weighted by atomic mass is 32.1. The third-order valence-electron chi connectivity index (χ3n) is 11.4. The zero-order chi connectivity index (χ0) is 38.2. The van der Waals surface area contributed by atoms with Gasteiger partial charge in [0.1, 0.15) is 0 Å². The first kappa shape index (κ1) is 33.5. The average Bonchev–Trinajstić information content (AvgIpc) is 3.97. The van der Waals surface area contributed by atoms with Crippen molar-refractivity contribution in [1.29, 1.82) is 0 Å². The van der Waals surface area contributed by atoms with E-state index in [0.717, 1.165) is 28.3 Å². The van der Waals surface area contributed by atoms with Gasteiger partial charge in [-0.2, -0.15) is 0 Å². The Balaban J connectivity index is 0.911. The second-order valence-electron chi connectivity index (χ2n) is 14.8. The van der Waals surface area contributed by atoms with E-state index in [1.54, 1.807) is 0 Å². The standard InChI is InChI=1S/C53H32N2S3/c1-4-10-48-41(7-1)44-27-19-36(29-51(44)56-48)33-13-21-38(22-14-33)55(39-23-15-34(16-24-39)37-20-28-45-42-8-2-5-11-49(42)57-52(45)30-37)40-25-17-35(18-26-40)47-31-53-46(32-54-47)43-9-3-6-12-50(43)58-53/h1-32H. The number of aromatic nitrogens is 1. The quantitative estimate of drug-likeness (QED) is 0.167. The maximum atomic E-state index is 4.92. The van der Waals surface area contributed by atoms with E-state index >= 15 is 0 Å². The molecular formula is C53H32N2S3. The van der Waals surface area contributed by atoms with Gasteiger partial charge in [-0.3, -0.25) is 4.98 Å². The van der Waals surface area contributed by atoms with Crippen molar-refractivity contribution in [1.82, 2.24) is 4.98 Å². The van der Waals surface area contributed by atoms with E-state index in [9.17, 15) is 0 Å². The first-order valence-electron chi connectivity index (χ1n) is 19.4. The van der Waals surface area contributed by atoms with Gasteiger partial charge in [0, 0.05) is 89.3 Å². The lowest BCUT2D eigenvalue weighted by atomic mass is 10.0. The maximum absolute atomic E-state index is 4.92. The van der Waals surface area contributed by atoms with Gasteiger partial charge in [-0.1, -0.05) is 115 Å². The molecule has 0 aliphatic heterocycles. The lowest BCUT2D eigenvalue weighted by Gasteiger charge is -2.26. The van der Waals surface area contributed by atoms with E-state index < -0.39 is 0 Å². The van der Waals surface area contributed by atoms with Gasteiger partial charge < -0.3 is 4.90 Å². The van der Waals surface area contributed by atoms with Gasteiger partial charge in [-0.25, -0.2) is 0 Å². The van der Waals surface area contributed by atoms with Gasteiger partial charge in [-0.15, -0.1) is 34.0 Å². The third-order valence-corrected chi connectivity index (χ3v) is 14.8. The van der Waals surface area contributed by atoms with Crippen LogP contribution in [0.5, 0.6) is 0 Å². The molecule has 4 heterocycles. The molecule has 0 atom stereocenters. The van der Waals surface area contributed by atoms with Crippen molar-refractivity contribution in [2.45, 2.75) is 0 Å². The van der Waals surface area contributed by atoms with E-state index in [1.165, 1.54) is 82.8 Å². The van der Waals surface area contributed by atoms with E-state index in [-0.39, 0.29) is 0 Å². The summed E-state index contributed by atoms with van der Waals surface area (Å²) in [4.78, 5) is 7.28. The lowest BCUT2D eigenvalue weighted by molar-refractivity contribution is 1.28. The molecule has 0 aliphatic carbocycles. The molecule has 0 N–H and O–H groups in total. The average molecular weight is 793 g/mol. The molecule has 2 nitrogen and oxygen atoms in total. The number of fused-ring (bicyclic) bond motifs is 9. The monoisotopic (exact) mass is 792 g/mol. The van der Waals surface area contributed by atoms with Crippen LogP contribution in [0.3, 0.4) is 0 Å². The zero-order valence-corrected chi connectivity index (χ0v) is 33.5. The van der Waals surface area contributed by atoms with Crippen LogP contribution in [0.25, 0.3) is 94.0 Å². The summed E-state index contributed by atoms with van der Waals surface area (Å²) in [5.74, 6) is 0. The summed E-state index contributed by atoms with van der Waals surface area (Å²) in [5, 5.41) is 7.78. The number of thiophene rings is 3. The minimum absolute atomic E-state index is 0.983. The minimum Gasteiger partial charge on any atom is -0.311 e. The summed E-state index contributed by atoms with van der Waals surface area (Å²) in [6.45, 7) is 0. The number of hydrogen-bond donors (Lipinski definition) is 0. The summed E-state index contributed by atoms with van der Waals surface area (Å²) >= 11 is 5.55. The summed E-state index contributed by atoms with van der Waals surface area (Å²) in [7, 11) is 0. The fraction of sp³-hybridized carbons (Fsp3) is 0. The first-order valence-corrected chi connectivity index (χ1v) is 21.9. The van der Waals surface area contributed by atoms with Crippen LogP contribution in [0.15, 0.2) is 194 Å². The molecule has 0 bridgehead atoms. The summed E-state index contributed by atoms with van der Waals surface area (Å²) in [6, 6.07) is 68.8. The zero-order valence-electron chi connectivity index (χ0n) is 31.1. The van der Waals surface area contributed by atoms with Crippen molar-refractivity contribution in [3.8, 4) is 33.5 Å². The van der Waals surface area contributed by atoms with Gasteiger partial charge in [0.15, 0.2) is 0 Å². The highest BCUT2D eigenvalue weighted by Gasteiger charge is 2.16. The number of anilines is 3. The molecule has 0 fully saturated rings. The van der Waals surface area contributed by atoms with Crippen molar-refractivity contribution >= 4 is 112 Å². The molecule has 0 amide bonds. The van der Waals surface area contributed by atoms with Crippen LogP contribution in [-0.4, -0.2) is 4.98 Å². The molecule has 0 aliphatic rings. The van der Waals surface area contributed by atoms with Crippen LogP contribution in [0.1, 0.15) is 0 Å². The Morgan fingerprint density at radius 1 is 0.293 bits per heavy atom. The van der Waals surface area contributed by atoms with Crippen LogP contribution < -0.4 is 4.90 Å². The van der Waals surface area contributed by atoms with E-state index in [0.29, 0.717) is 0 Å². The Labute approximate surface area is 347 Å². The van der Waals surface area contributed by atoms with Crippen molar-refractivity contribution in [2.75, 3.05) is 4.90 Å². The molecule has 0 unspecified atom stereocenters. The number of pyridine rings is 1. The van der Waals surface area contributed by atoms with Gasteiger partial charge in [0.05, 0.1) is 5.69 Å². The van der Waals surface area contributed by atoms with Crippen LogP contribution in [0, 0.1) is 0 Å². The summed E-state index contributed by atoms with van der Waals surface area (Å²) < 4.78 is 7.84. The lowest BCUT2D eigenvalue weighted by Crippen LogP contribution is -2.09. The van der Waals surface area contributed by atoms with Crippen molar-refractivity contribution in [3.05, 3.63) is 194 Å². The SMILES string of the molecule is c1ccc2c(c1)sc1cc(-c3ccc(N(c4ccc(-c5ccc6c(c5)sc5ccccc56)cc4)c4ccc(-c5cc6sc7ccccc7c6cn5)cc4)cc3)ccc12. The molecule has 58 heavy (non-hydrogen) atoms. The van der Waals surface area contributed by atoms with Crippen LogP contribution in [0.2, 0.25) is 0 Å². The number of hydrogen-bond acceptors (Lipinski definition) is 5. The Kier molecular flexibility index (Phi) is 7.80. The van der Waals surface area contributed by atoms with Gasteiger partial charge in [0.2, 0.25) is 0 Å². The normalized spacial score (nSPS) is 11.8. The molecule has 0 radical (unpaired) electrons. The smallest absolute Gasteiger partial charge is 0.0716 e. The predicted molar refractivity (Wildman–Crippen MR) is 254 cm³/mol. The topological polar surface area (TPSA) is 16.1 Å². The molecule has 4 aromatic heterocycles. The first-order chi connectivity index (χ1) is 28.7. The maximum Gasteiger partial charge on any atom is 0.0716 e. The Bertz CT molecular complexity index is 3130. The second kappa shape index (κ2) is 13.5. The Morgan fingerprint density at radius 2 is 0.655 bits per heavy atom. The van der Waals surface area contributed by atoms with Crippen molar-refractivity contribution in [3.63, 3.8) is 0 Å². The molecule has 272 valence electrons. The Morgan fingerprint density at radius 3 is 1.12 bits per heavy atom. The highest BCUT2D eigenvalue weighted by Crippen LogP contribution is 2.42. The van der Waals surface area contributed by atoms with Gasteiger partial charge >= 0.3 is 0 Å². The van der Waals surface area contributed by atoms with Crippen LogP contribution >= 0.6 is 34.0 Å². The van der Waals surface area contributed by atoms with Crippen molar-refractivity contribution < 1.29 is 0 Å². The second-order valence-corrected chi connectivity index (χ2v) is 18.0. The molecule has 5 heteroatoms. The molecule has 12 aromatic rings. The van der Waals surface area contributed by atoms with Gasteiger partial charge in [-0.05, 0) is 95.1 Å². The van der Waals surface area contributed by atoms with Crippen LogP contribution in [-0.2, 0) is 0 Å². The van der Waals surface area contributed by atoms with Crippen molar-refractivity contribution in [2.24, 2.45) is 0 Å². The number of benzene rings is 8. The Hall–Kier alpha value is -6.63. The molecule has 0 saturated heterocycles. The predicted octanol–water partition coefficient (Wildman–Crippen LogP) is 16.7. The molecule has 12 rings (SSSR count). The number of rotatable bonds is 6. The largest absolute Gasteiger partial charge is 0.311 e. The fourth-order valence-corrected chi connectivity index (χ4v) is 11.8. The molecular weight excluding hydrogens is 761 g/mol. The van der Waals surface area contributed by atoms with Gasteiger partial charge in [0.25, 0.3) is 0 Å². The van der Waals surface area contributed by atoms with E-state index in [1.807, 2.05) is 40.2 Å². The van der Waals surface area contributed by atoms with E-state index in [2.05, 4.69) is 193 Å². The fourth-order valence-electron chi connectivity index (χ4n) is 8.42. The summed E-state index contributed by atoms with van der Waals surface area (Å²) in [6.07, 6.45) is 2.03. The number of nitrogens with zero attached hydrogens (tertiary/aromatic N) is 2. The van der Waals surface area contributed by atoms with E-state index in [4.69, 9.17) is 4.98 Å². The minimum atomic E-state index is 0.983. The highest BCUT2D eigenvalue weighted by molar-refractivity contribution is 7.26.